The molecule has 8 heteroatoms. The fourth-order valence-corrected chi connectivity index (χ4v) is 2.97. The van der Waals surface area contributed by atoms with Crippen LogP contribution in [0.4, 0.5) is 28.8 Å². The molecule has 0 saturated carbocycles. The summed E-state index contributed by atoms with van der Waals surface area (Å²) in [6, 6.07) is 15.2. The molecule has 4 rings (SSSR count). The van der Waals surface area contributed by atoms with Crippen LogP contribution in [0.25, 0.3) is 10.9 Å². The number of carbonyl (C=O) groups excluding carboxylic acids is 1. The first kappa shape index (κ1) is 17.5. The zero-order chi connectivity index (χ0) is 19.5. The monoisotopic (exact) mass is 373 g/mol. The molecule has 1 amide bonds. The number of nitrogens with zero attached hydrogens (tertiary/aromatic N) is 4. The zero-order valence-electron chi connectivity index (χ0n) is 15.5. The average Bonchev–Trinajstić information content (AvgIpc) is 3.16. The molecule has 28 heavy (non-hydrogen) atoms. The Bertz CT molecular complexity index is 1140. The van der Waals surface area contributed by atoms with Crippen molar-refractivity contribution in [2.75, 3.05) is 22.6 Å². The van der Waals surface area contributed by atoms with Gasteiger partial charge in [-0.15, -0.1) is 0 Å². The van der Waals surface area contributed by atoms with Crippen LogP contribution in [-0.4, -0.2) is 33.1 Å². The number of carbonyl (C=O) groups is 1. The summed E-state index contributed by atoms with van der Waals surface area (Å²) in [6.45, 7) is 1.48. The smallest absolute Gasteiger partial charge is 0.229 e. The van der Waals surface area contributed by atoms with Crippen molar-refractivity contribution in [1.82, 2.24) is 20.2 Å². The third-order valence-corrected chi connectivity index (χ3v) is 4.25. The normalized spacial score (nSPS) is 10.6. The molecule has 3 N–H and O–H groups in total. The van der Waals surface area contributed by atoms with Crippen LogP contribution in [-0.2, 0) is 4.79 Å². The third-order valence-electron chi connectivity index (χ3n) is 4.25. The number of nitrogens with one attached hydrogen (secondary N) is 3. The van der Waals surface area contributed by atoms with E-state index >= 15 is 0 Å². The largest absolute Gasteiger partial charge is 0.329 e. The minimum absolute atomic E-state index is 0.120. The lowest BCUT2D eigenvalue weighted by atomic mass is 10.2. The third kappa shape index (κ3) is 3.61. The standard InChI is InChI=1S/C20H19N7O/c1-13(28)23-14-5-3-6-15(11-14)24-20-21-10-9-19(25-20)27(2)18-8-4-7-17-16(18)12-22-26-17/h3-12H,1-2H3,(H,22,26)(H,23,28)(H,21,24,25). The van der Waals surface area contributed by atoms with Gasteiger partial charge >= 0.3 is 0 Å². The average molecular weight is 373 g/mol. The molecule has 2 aromatic carbocycles. The second-order valence-corrected chi connectivity index (χ2v) is 6.29. The van der Waals surface area contributed by atoms with E-state index in [2.05, 4.69) is 30.8 Å². The minimum Gasteiger partial charge on any atom is -0.329 e. The molecular weight excluding hydrogens is 354 g/mol. The van der Waals surface area contributed by atoms with E-state index in [1.807, 2.05) is 60.5 Å². The highest BCUT2D eigenvalue weighted by molar-refractivity contribution is 5.93. The highest BCUT2D eigenvalue weighted by Crippen LogP contribution is 2.29. The second-order valence-electron chi connectivity index (χ2n) is 6.29. The summed E-state index contributed by atoms with van der Waals surface area (Å²) in [7, 11) is 1.95. The van der Waals surface area contributed by atoms with Crippen molar-refractivity contribution in [3.8, 4) is 0 Å². The summed E-state index contributed by atoms with van der Waals surface area (Å²) in [6.07, 6.45) is 3.50. The molecule has 0 unspecified atom stereocenters. The Balaban J connectivity index is 1.60. The van der Waals surface area contributed by atoms with Gasteiger partial charge in [0.2, 0.25) is 11.9 Å². The first-order valence-corrected chi connectivity index (χ1v) is 8.74. The molecule has 4 aromatic rings. The SMILES string of the molecule is CC(=O)Nc1cccc(Nc2nccc(N(C)c3cccc4[nH]ncc34)n2)c1. The van der Waals surface area contributed by atoms with Gasteiger partial charge in [0.05, 0.1) is 17.4 Å². The van der Waals surface area contributed by atoms with Crippen molar-refractivity contribution in [2.24, 2.45) is 0 Å². The molecule has 2 heterocycles. The number of aromatic nitrogens is 4. The van der Waals surface area contributed by atoms with Crippen LogP contribution in [0.5, 0.6) is 0 Å². The molecule has 2 aromatic heterocycles. The quantitative estimate of drug-likeness (QED) is 0.492. The van der Waals surface area contributed by atoms with Crippen molar-refractivity contribution in [3.63, 3.8) is 0 Å². The van der Waals surface area contributed by atoms with E-state index in [0.29, 0.717) is 11.6 Å². The summed E-state index contributed by atoms with van der Waals surface area (Å²) < 4.78 is 0. The first-order chi connectivity index (χ1) is 13.6. The summed E-state index contributed by atoms with van der Waals surface area (Å²) in [5.74, 6) is 1.08. The van der Waals surface area contributed by atoms with E-state index in [1.165, 1.54) is 6.92 Å². The Morgan fingerprint density at radius 1 is 1.11 bits per heavy atom. The van der Waals surface area contributed by atoms with Crippen LogP contribution in [0, 0.1) is 0 Å². The number of amides is 1. The highest BCUT2D eigenvalue weighted by atomic mass is 16.1. The topological polar surface area (TPSA) is 98.8 Å². The molecule has 0 fully saturated rings. The van der Waals surface area contributed by atoms with Gasteiger partial charge in [-0.1, -0.05) is 12.1 Å². The number of hydrogen-bond acceptors (Lipinski definition) is 6. The minimum atomic E-state index is -0.120. The summed E-state index contributed by atoms with van der Waals surface area (Å²) in [5.41, 5.74) is 3.44. The van der Waals surface area contributed by atoms with Gasteiger partial charge in [0.1, 0.15) is 5.82 Å². The number of benzene rings is 2. The van der Waals surface area contributed by atoms with Crippen molar-refractivity contribution in [1.29, 1.82) is 0 Å². The van der Waals surface area contributed by atoms with Gasteiger partial charge < -0.3 is 15.5 Å². The van der Waals surface area contributed by atoms with Crippen molar-refractivity contribution in [2.45, 2.75) is 6.92 Å². The molecular formula is C20H19N7O. The molecule has 0 radical (unpaired) electrons. The van der Waals surface area contributed by atoms with Crippen LogP contribution in [0.3, 0.4) is 0 Å². The number of anilines is 5. The summed E-state index contributed by atoms with van der Waals surface area (Å²) in [5, 5.41) is 14.0. The predicted octanol–water partition coefficient (Wildman–Crippen LogP) is 3.82. The molecule has 0 aliphatic carbocycles. The molecule has 0 aliphatic rings. The molecule has 0 spiro atoms. The maximum absolute atomic E-state index is 11.2. The van der Waals surface area contributed by atoms with Gasteiger partial charge in [-0.05, 0) is 36.4 Å². The highest BCUT2D eigenvalue weighted by Gasteiger charge is 2.11. The van der Waals surface area contributed by atoms with Gasteiger partial charge in [-0.3, -0.25) is 9.89 Å². The van der Waals surface area contributed by atoms with Crippen LogP contribution >= 0.6 is 0 Å². The van der Waals surface area contributed by atoms with Crippen LogP contribution in [0.15, 0.2) is 60.9 Å². The van der Waals surface area contributed by atoms with Crippen molar-refractivity contribution >= 4 is 45.6 Å². The van der Waals surface area contributed by atoms with Crippen LogP contribution in [0.1, 0.15) is 6.92 Å². The fourth-order valence-electron chi connectivity index (χ4n) is 2.97. The number of rotatable bonds is 5. The van der Waals surface area contributed by atoms with E-state index in [4.69, 9.17) is 0 Å². The zero-order valence-corrected chi connectivity index (χ0v) is 15.5. The van der Waals surface area contributed by atoms with Gasteiger partial charge in [-0.2, -0.15) is 10.1 Å². The molecule has 0 saturated heterocycles. The lowest BCUT2D eigenvalue weighted by Crippen LogP contribution is -2.12. The van der Waals surface area contributed by atoms with Crippen molar-refractivity contribution < 1.29 is 4.79 Å². The molecule has 8 nitrogen and oxygen atoms in total. The number of hydrogen-bond donors (Lipinski definition) is 3. The lowest BCUT2D eigenvalue weighted by molar-refractivity contribution is -0.114. The lowest BCUT2D eigenvalue weighted by Gasteiger charge is -2.19. The summed E-state index contributed by atoms with van der Waals surface area (Å²) in [4.78, 5) is 22.1. The molecule has 0 atom stereocenters. The van der Waals surface area contributed by atoms with Gasteiger partial charge in [0, 0.05) is 36.9 Å². The van der Waals surface area contributed by atoms with Gasteiger partial charge in [0.25, 0.3) is 0 Å². The van der Waals surface area contributed by atoms with Gasteiger partial charge in [-0.25, -0.2) is 4.98 Å². The van der Waals surface area contributed by atoms with Crippen LogP contribution in [0.2, 0.25) is 0 Å². The van der Waals surface area contributed by atoms with E-state index in [9.17, 15) is 4.79 Å². The maximum atomic E-state index is 11.2. The first-order valence-electron chi connectivity index (χ1n) is 8.74. The van der Waals surface area contributed by atoms with E-state index in [0.717, 1.165) is 28.1 Å². The van der Waals surface area contributed by atoms with Gasteiger partial charge in [0.15, 0.2) is 0 Å². The Kier molecular flexibility index (Phi) is 4.59. The summed E-state index contributed by atoms with van der Waals surface area (Å²) >= 11 is 0. The molecule has 0 bridgehead atoms. The Labute approximate surface area is 161 Å². The number of H-pyrrole nitrogens is 1. The Morgan fingerprint density at radius 2 is 1.93 bits per heavy atom. The number of aromatic amines is 1. The maximum Gasteiger partial charge on any atom is 0.229 e. The van der Waals surface area contributed by atoms with E-state index in [1.54, 1.807) is 12.4 Å². The molecule has 140 valence electrons. The van der Waals surface area contributed by atoms with Crippen molar-refractivity contribution in [3.05, 3.63) is 60.9 Å². The number of fused-ring (bicyclic) bond motifs is 1. The van der Waals surface area contributed by atoms with E-state index in [-0.39, 0.29) is 5.91 Å². The second kappa shape index (κ2) is 7.36. The van der Waals surface area contributed by atoms with Crippen LogP contribution < -0.4 is 15.5 Å². The van der Waals surface area contributed by atoms with E-state index < -0.39 is 0 Å². The predicted molar refractivity (Wildman–Crippen MR) is 110 cm³/mol. The Morgan fingerprint density at radius 3 is 2.79 bits per heavy atom. The Hall–Kier alpha value is -3.94. The molecule has 0 aliphatic heterocycles. The fraction of sp³-hybridized carbons (Fsp3) is 0.100.